The Morgan fingerprint density at radius 1 is 1.36 bits per heavy atom. The van der Waals surface area contributed by atoms with E-state index in [2.05, 4.69) is 34.8 Å². The molecule has 1 heterocycles. The first kappa shape index (κ1) is 23.9. The SMILES string of the molecule is CCNC(=NCC(CCO)CC(C)C)NCCN1C(=O)CNC1=O.I. The number of aliphatic hydroxyl groups excluding tert-OH is 1. The molecule has 0 aromatic heterocycles. The molecule has 25 heavy (non-hydrogen) atoms. The monoisotopic (exact) mass is 469 g/mol. The number of rotatable bonds is 10. The van der Waals surface area contributed by atoms with Crippen LogP contribution in [-0.2, 0) is 4.79 Å². The molecule has 3 amide bonds. The average Bonchev–Trinajstić information content (AvgIpc) is 2.83. The predicted molar refractivity (Wildman–Crippen MR) is 109 cm³/mol. The number of halogens is 1. The quantitative estimate of drug-likeness (QED) is 0.164. The molecule has 146 valence electrons. The topological polar surface area (TPSA) is 106 Å². The van der Waals surface area contributed by atoms with Crippen LogP contribution >= 0.6 is 24.0 Å². The Balaban J connectivity index is 0.00000576. The van der Waals surface area contributed by atoms with Gasteiger partial charge in [-0.1, -0.05) is 13.8 Å². The first-order valence-corrected chi connectivity index (χ1v) is 8.69. The molecule has 1 aliphatic rings. The largest absolute Gasteiger partial charge is 0.396 e. The van der Waals surface area contributed by atoms with Gasteiger partial charge in [0.15, 0.2) is 5.96 Å². The molecule has 0 saturated carbocycles. The van der Waals surface area contributed by atoms with Gasteiger partial charge in [0.1, 0.15) is 0 Å². The molecule has 0 aromatic rings. The smallest absolute Gasteiger partial charge is 0.324 e. The number of carbonyl (C=O) groups excluding carboxylic acids is 2. The summed E-state index contributed by atoms with van der Waals surface area (Å²) < 4.78 is 0. The van der Waals surface area contributed by atoms with Crippen molar-refractivity contribution in [2.24, 2.45) is 16.8 Å². The van der Waals surface area contributed by atoms with E-state index in [1.165, 1.54) is 4.90 Å². The Bertz CT molecular complexity index is 429. The number of guanidine groups is 1. The summed E-state index contributed by atoms with van der Waals surface area (Å²) in [4.78, 5) is 28.8. The van der Waals surface area contributed by atoms with Crippen LogP contribution in [0.1, 0.15) is 33.6 Å². The lowest BCUT2D eigenvalue weighted by Gasteiger charge is -2.18. The van der Waals surface area contributed by atoms with Gasteiger partial charge in [-0.2, -0.15) is 0 Å². The fourth-order valence-corrected chi connectivity index (χ4v) is 2.66. The summed E-state index contributed by atoms with van der Waals surface area (Å²) in [7, 11) is 0. The predicted octanol–water partition coefficient (Wildman–Crippen LogP) is 0.756. The molecule has 1 saturated heterocycles. The van der Waals surface area contributed by atoms with Gasteiger partial charge in [0, 0.05) is 32.8 Å². The number of urea groups is 1. The molecule has 1 aliphatic heterocycles. The molecule has 8 nitrogen and oxygen atoms in total. The number of aliphatic hydroxyl groups is 1. The fraction of sp³-hybridized carbons (Fsp3) is 0.812. The molecule has 1 fully saturated rings. The Labute approximate surface area is 167 Å². The molecule has 4 N–H and O–H groups in total. The van der Waals surface area contributed by atoms with E-state index in [0.29, 0.717) is 37.4 Å². The van der Waals surface area contributed by atoms with Crippen LogP contribution in [0.2, 0.25) is 0 Å². The number of carbonyl (C=O) groups is 2. The van der Waals surface area contributed by atoms with Crippen molar-refractivity contribution in [1.82, 2.24) is 20.9 Å². The minimum Gasteiger partial charge on any atom is -0.396 e. The lowest BCUT2D eigenvalue weighted by Crippen LogP contribution is -2.43. The summed E-state index contributed by atoms with van der Waals surface area (Å²) in [5, 5.41) is 18.0. The van der Waals surface area contributed by atoms with Gasteiger partial charge in [0.05, 0.1) is 6.54 Å². The molecule has 9 heteroatoms. The first-order chi connectivity index (χ1) is 11.5. The van der Waals surface area contributed by atoms with E-state index in [0.717, 1.165) is 19.4 Å². The van der Waals surface area contributed by atoms with Gasteiger partial charge in [-0.15, -0.1) is 24.0 Å². The van der Waals surface area contributed by atoms with Crippen molar-refractivity contribution < 1.29 is 14.7 Å². The highest BCUT2D eigenvalue weighted by atomic mass is 127. The molecule has 1 unspecified atom stereocenters. The molecule has 0 spiro atoms. The Hall–Kier alpha value is -1.10. The summed E-state index contributed by atoms with van der Waals surface area (Å²) in [6.07, 6.45) is 1.76. The zero-order valence-electron chi connectivity index (χ0n) is 15.4. The van der Waals surface area contributed by atoms with Crippen LogP contribution in [0.3, 0.4) is 0 Å². The van der Waals surface area contributed by atoms with Crippen molar-refractivity contribution in [2.75, 3.05) is 39.3 Å². The Morgan fingerprint density at radius 3 is 2.60 bits per heavy atom. The molecule has 1 atom stereocenters. The average molecular weight is 469 g/mol. The zero-order chi connectivity index (χ0) is 17.9. The molecular weight excluding hydrogens is 437 g/mol. The summed E-state index contributed by atoms with van der Waals surface area (Å²) in [5.74, 6) is 1.36. The van der Waals surface area contributed by atoms with E-state index in [9.17, 15) is 14.7 Å². The van der Waals surface area contributed by atoms with E-state index in [-0.39, 0.29) is 49.1 Å². The highest BCUT2D eigenvalue weighted by Gasteiger charge is 2.27. The van der Waals surface area contributed by atoms with Crippen molar-refractivity contribution in [3.63, 3.8) is 0 Å². The van der Waals surface area contributed by atoms with Crippen molar-refractivity contribution >= 4 is 41.9 Å². The van der Waals surface area contributed by atoms with Crippen LogP contribution in [0.5, 0.6) is 0 Å². The normalized spacial score (nSPS) is 15.9. The fourth-order valence-electron chi connectivity index (χ4n) is 2.66. The van der Waals surface area contributed by atoms with Crippen LogP contribution in [0.4, 0.5) is 4.79 Å². The van der Waals surface area contributed by atoms with Crippen molar-refractivity contribution in [3.8, 4) is 0 Å². The van der Waals surface area contributed by atoms with Crippen molar-refractivity contribution in [1.29, 1.82) is 0 Å². The summed E-state index contributed by atoms with van der Waals surface area (Å²) in [6.45, 7) is 8.66. The third-order valence-electron chi connectivity index (χ3n) is 3.76. The summed E-state index contributed by atoms with van der Waals surface area (Å²) in [5.41, 5.74) is 0. The summed E-state index contributed by atoms with van der Waals surface area (Å²) >= 11 is 0. The second kappa shape index (κ2) is 13.2. The Kier molecular flexibility index (Phi) is 12.6. The highest BCUT2D eigenvalue weighted by molar-refractivity contribution is 14.0. The van der Waals surface area contributed by atoms with Crippen LogP contribution < -0.4 is 16.0 Å². The van der Waals surface area contributed by atoms with Gasteiger partial charge in [0.2, 0.25) is 5.91 Å². The lowest BCUT2D eigenvalue weighted by atomic mass is 9.94. The molecular formula is C16H32IN5O3. The maximum atomic E-state index is 11.5. The molecule has 0 radical (unpaired) electrons. The zero-order valence-corrected chi connectivity index (χ0v) is 17.7. The van der Waals surface area contributed by atoms with Gasteiger partial charge in [-0.05, 0) is 31.6 Å². The number of nitrogens with one attached hydrogen (secondary N) is 3. The minimum atomic E-state index is -0.344. The van der Waals surface area contributed by atoms with Gasteiger partial charge in [-0.25, -0.2) is 4.79 Å². The third kappa shape index (κ3) is 9.24. The van der Waals surface area contributed by atoms with E-state index in [4.69, 9.17) is 0 Å². The van der Waals surface area contributed by atoms with Gasteiger partial charge in [-0.3, -0.25) is 14.7 Å². The number of amides is 3. The first-order valence-electron chi connectivity index (χ1n) is 8.69. The van der Waals surface area contributed by atoms with Crippen LogP contribution in [0, 0.1) is 11.8 Å². The van der Waals surface area contributed by atoms with Crippen LogP contribution in [0.15, 0.2) is 4.99 Å². The number of imide groups is 1. The van der Waals surface area contributed by atoms with E-state index < -0.39 is 0 Å². The van der Waals surface area contributed by atoms with E-state index in [1.807, 2.05) is 6.92 Å². The molecule has 0 aliphatic carbocycles. The summed E-state index contributed by atoms with van der Waals surface area (Å²) in [6, 6.07) is -0.344. The van der Waals surface area contributed by atoms with Crippen molar-refractivity contribution in [3.05, 3.63) is 0 Å². The number of aliphatic imine (C=N–C) groups is 1. The highest BCUT2D eigenvalue weighted by Crippen LogP contribution is 2.15. The lowest BCUT2D eigenvalue weighted by molar-refractivity contribution is -0.124. The van der Waals surface area contributed by atoms with Gasteiger partial charge >= 0.3 is 6.03 Å². The molecule has 1 rings (SSSR count). The van der Waals surface area contributed by atoms with Crippen LogP contribution in [0.25, 0.3) is 0 Å². The van der Waals surface area contributed by atoms with Gasteiger partial charge in [0.25, 0.3) is 0 Å². The van der Waals surface area contributed by atoms with Crippen molar-refractivity contribution in [2.45, 2.75) is 33.6 Å². The standard InChI is InChI=1S/C16H31N5O3.HI/c1-4-17-15(19-10-13(5-8-22)9-12(2)3)18-6-7-21-14(23)11-20-16(21)24;/h12-13,22H,4-11H2,1-3H3,(H,20,24)(H2,17,18,19);1H. The van der Waals surface area contributed by atoms with Crippen LogP contribution in [-0.4, -0.2) is 67.2 Å². The maximum absolute atomic E-state index is 11.5. The number of hydrogen-bond acceptors (Lipinski definition) is 4. The second-order valence-electron chi connectivity index (χ2n) is 6.36. The van der Waals surface area contributed by atoms with Gasteiger partial charge < -0.3 is 21.1 Å². The van der Waals surface area contributed by atoms with E-state index in [1.54, 1.807) is 0 Å². The number of nitrogens with zero attached hydrogens (tertiary/aromatic N) is 2. The second-order valence-corrected chi connectivity index (χ2v) is 6.36. The third-order valence-corrected chi connectivity index (χ3v) is 3.76. The molecule has 0 bridgehead atoms. The maximum Gasteiger partial charge on any atom is 0.324 e. The van der Waals surface area contributed by atoms with E-state index >= 15 is 0 Å². The minimum absolute atomic E-state index is 0. The Morgan fingerprint density at radius 2 is 2.08 bits per heavy atom. The molecule has 0 aromatic carbocycles. The number of hydrogen-bond donors (Lipinski definition) is 4.